The molecule has 0 unspecified atom stereocenters. The van der Waals surface area contributed by atoms with Crippen molar-refractivity contribution in [3.05, 3.63) is 29.6 Å². The van der Waals surface area contributed by atoms with Crippen LogP contribution in [-0.4, -0.2) is 47.2 Å². The lowest BCUT2D eigenvalue weighted by atomic mass is 10.2. The van der Waals surface area contributed by atoms with Gasteiger partial charge in [0.2, 0.25) is 10.0 Å². The molecule has 0 bridgehead atoms. The zero-order chi connectivity index (χ0) is 15.5. The molecular weight excluding hydrogens is 302 g/mol. The van der Waals surface area contributed by atoms with Crippen molar-refractivity contribution in [2.75, 3.05) is 7.11 Å². The molecule has 0 saturated carbocycles. The molecule has 0 radical (unpaired) electrons. The van der Waals surface area contributed by atoms with E-state index in [1.165, 1.54) is 19.2 Å². The van der Waals surface area contributed by atoms with Crippen molar-refractivity contribution >= 4 is 16.0 Å². The number of carbonyl (C=O) groups is 1. The van der Waals surface area contributed by atoms with E-state index in [-0.39, 0.29) is 28.6 Å². The van der Waals surface area contributed by atoms with Crippen LogP contribution < -0.4 is 9.46 Å². The fourth-order valence-corrected chi connectivity index (χ4v) is 2.53. The van der Waals surface area contributed by atoms with E-state index in [9.17, 15) is 13.2 Å². The predicted molar refractivity (Wildman–Crippen MR) is 68.2 cm³/mol. The van der Waals surface area contributed by atoms with Gasteiger partial charge in [0.1, 0.15) is 11.3 Å². The minimum absolute atomic E-state index is 0.0691. The van der Waals surface area contributed by atoms with Gasteiger partial charge in [-0.2, -0.15) is 5.21 Å². The van der Waals surface area contributed by atoms with Crippen molar-refractivity contribution in [1.29, 1.82) is 0 Å². The molecule has 1 aromatic heterocycles. The maximum atomic E-state index is 12.1. The predicted octanol–water partition coefficient (Wildman–Crippen LogP) is -0.615. The third kappa shape index (κ3) is 3.32. The van der Waals surface area contributed by atoms with Gasteiger partial charge in [0, 0.05) is 0 Å². The lowest BCUT2D eigenvalue weighted by Gasteiger charge is -2.08. The Morgan fingerprint density at radius 1 is 1.48 bits per heavy atom. The molecule has 0 saturated heterocycles. The summed E-state index contributed by atoms with van der Waals surface area (Å²) < 4.78 is 31.2. The fourth-order valence-electron chi connectivity index (χ4n) is 1.52. The number of rotatable bonds is 6. The molecule has 2 aromatic rings. The highest BCUT2D eigenvalue weighted by Crippen LogP contribution is 2.22. The van der Waals surface area contributed by atoms with Crippen LogP contribution in [0.4, 0.5) is 0 Å². The molecule has 10 nitrogen and oxygen atoms in total. The Morgan fingerprint density at radius 3 is 2.81 bits per heavy atom. The monoisotopic (exact) mass is 313 g/mol. The van der Waals surface area contributed by atoms with Crippen LogP contribution in [-0.2, 0) is 16.6 Å². The molecule has 0 amide bonds. The number of nitrogens with one attached hydrogen (secondary N) is 2. The summed E-state index contributed by atoms with van der Waals surface area (Å²) in [6.45, 7) is -0.173. The van der Waals surface area contributed by atoms with E-state index in [0.717, 1.165) is 6.07 Å². The van der Waals surface area contributed by atoms with Crippen LogP contribution in [0.5, 0.6) is 5.75 Å². The molecule has 0 aliphatic heterocycles. The number of carboxylic acid groups (broad SMARTS) is 1. The highest BCUT2D eigenvalue weighted by atomic mass is 32.2. The average Bonchev–Trinajstić information content (AvgIpc) is 2.97. The topological polar surface area (TPSA) is 147 Å². The summed E-state index contributed by atoms with van der Waals surface area (Å²) >= 11 is 0. The first-order valence-electron chi connectivity index (χ1n) is 5.57. The molecule has 21 heavy (non-hydrogen) atoms. The average molecular weight is 313 g/mol. The van der Waals surface area contributed by atoms with E-state index in [1.54, 1.807) is 0 Å². The molecule has 0 atom stereocenters. The summed E-state index contributed by atoms with van der Waals surface area (Å²) in [6.07, 6.45) is 0. The molecule has 1 aromatic carbocycles. The number of ether oxygens (including phenoxy) is 1. The number of hydrogen-bond donors (Lipinski definition) is 3. The van der Waals surface area contributed by atoms with Crippen molar-refractivity contribution in [3.63, 3.8) is 0 Å². The third-order valence-corrected chi connectivity index (χ3v) is 3.92. The maximum absolute atomic E-state index is 12.1. The minimum atomic E-state index is -3.91. The van der Waals surface area contributed by atoms with E-state index in [4.69, 9.17) is 9.84 Å². The van der Waals surface area contributed by atoms with Crippen molar-refractivity contribution < 1.29 is 23.1 Å². The van der Waals surface area contributed by atoms with Crippen LogP contribution in [0.25, 0.3) is 0 Å². The van der Waals surface area contributed by atoms with Crippen LogP contribution >= 0.6 is 0 Å². The number of sulfonamides is 1. The molecule has 0 aliphatic rings. The largest absolute Gasteiger partial charge is 0.496 e. The number of benzene rings is 1. The maximum Gasteiger partial charge on any atom is 0.339 e. The number of aromatic amines is 1. The van der Waals surface area contributed by atoms with E-state index < -0.39 is 16.0 Å². The summed E-state index contributed by atoms with van der Waals surface area (Å²) in [5.41, 5.74) is -0.250. The van der Waals surface area contributed by atoms with Crippen LogP contribution in [0.3, 0.4) is 0 Å². The van der Waals surface area contributed by atoms with Crippen LogP contribution in [0, 0.1) is 0 Å². The summed E-state index contributed by atoms with van der Waals surface area (Å²) in [5.74, 6) is -1.06. The molecule has 11 heteroatoms. The number of nitrogens with zero attached hydrogens (tertiary/aromatic N) is 3. The van der Waals surface area contributed by atoms with E-state index in [2.05, 4.69) is 25.3 Å². The number of aromatic carboxylic acids is 1. The molecular formula is C10H11N5O5S. The Kier molecular flexibility index (Phi) is 4.14. The third-order valence-electron chi connectivity index (χ3n) is 2.52. The Morgan fingerprint density at radius 2 is 2.24 bits per heavy atom. The first-order valence-corrected chi connectivity index (χ1v) is 7.05. The Hall–Kier alpha value is -2.53. The van der Waals surface area contributed by atoms with Gasteiger partial charge < -0.3 is 9.84 Å². The molecule has 112 valence electrons. The normalized spacial score (nSPS) is 11.3. The number of aromatic nitrogens is 4. The summed E-state index contributed by atoms with van der Waals surface area (Å²) in [5, 5.41) is 21.7. The first-order chi connectivity index (χ1) is 9.94. The zero-order valence-electron chi connectivity index (χ0n) is 10.8. The Bertz CT molecular complexity index is 743. The molecule has 0 spiro atoms. The molecule has 0 aliphatic carbocycles. The summed E-state index contributed by atoms with van der Waals surface area (Å²) in [4.78, 5) is 10.9. The first kappa shape index (κ1) is 14.9. The highest BCUT2D eigenvalue weighted by molar-refractivity contribution is 7.89. The second kappa shape index (κ2) is 5.85. The van der Waals surface area contributed by atoms with Gasteiger partial charge in [-0.15, -0.1) is 10.2 Å². The summed E-state index contributed by atoms with van der Waals surface area (Å²) in [6, 6.07) is 3.52. The van der Waals surface area contributed by atoms with E-state index in [1.807, 2.05) is 0 Å². The van der Waals surface area contributed by atoms with Crippen LogP contribution in [0.15, 0.2) is 23.1 Å². The summed E-state index contributed by atoms with van der Waals surface area (Å²) in [7, 11) is -2.61. The number of H-pyrrole nitrogens is 1. The van der Waals surface area contributed by atoms with Crippen molar-refractivity contribution in [3.8, 4) is 5.75 Å². The lowest BCUT2D eigenvalue weighted by molar-refractivity contribution is 0.0693. The van der Waals surface area contributed by atoms with Gasteiger partial charge in [-0.1, -0.05) is 5.21 Å². The quantitative estimate of drug-likeness (QED) is 0.639. The van der Waals surface area contributed by atoms with E-state index in [0.29, 0.717) is 0 Å². The second-order valence-corrected chi connectivity index (χ2v) is 5.59. The highest BCUT2D eigenvalue weighted by Gasteiger charge is 2.19. The van der Waals surface area contributed by atoms with Crippen molar-refractivity contribution in [1.82, 2.24) is 25.3 Å². The fraction of sp³-hybridized carbons (Fsp3) is 0.200. The molecule has 3 N–H and O–H groups in total. The van der Waals surface area contributed by atoms with Gasteiger partial charge in [-0.05, 0) is 18.2 Å². The zero-order valence-corrected chi connectivity index (χ0v) is 11.6. The van der Waals surface area contributed by atoms with Gasteiger partial charge in [-0.25, -0.2) is 17.9 Å². The van der Waals surface area contributed by atoms with Crippen molar-refractivity contribution in [2.24, 2.45) is 0 Å². The molecule has 0 fully saturated rings. The number of hydrogen-bond acceptors (Lipinski definition) is 7. The van der Waals surface area contributed by atoms with Crippen LogP contribution in [0.2, 0.25) is 0 Å². The Balaban J connectivity index is 2.27. The van der Waals surface area contributed by atoms with Crippen LogP contribution in [0.1, 0.15) is 16.2 Å². The second-order valence-electron chi connectivity index (χ2n) is 3.82. The van der Waals surface area contributed by atoms with Gasteiger partial charge >= 0.3 is 5.97 Å². The number of carboxylic acids is 1. The molecule has 1 heterocycles. The Labute approximate surface area is 119 Å². The van der Waals surface area contributed by atoms with E-state index >= 15 is 0 Å². The van der Waals surface area contributed by atoms with Gasteiger partial charge in [0.25, 0.3) is 0 Å². The SMILES string of the molecule is COc1ccc(S(=O)(=O)NCc2nn[nH]n2)cc1C(=O)O. The van der Waals surface area contributed by atoms with Crippen molar-refractivity contribution in [2.45, 2.75) is 11.4 Å². The molecule has 2 rings (SSSR count). The minimum Gasteiger partial charge on any atom is -0.496 e. The van der Waals surface area contributed by atoms with Gasteiger partial charge in [-0.3, -0.25) is 0 Å². The van der Waals surface area contributed by atoms with Gasteiger partial charge in [0.05, 0.1) is 18.6 Å². The number of tetrazole rings is 1. The lowest BCUT2D eigenvalue weighted by Crippen LogP contribution is -2.24. The number of methoxy groups -OCH3 is 1. The van der Waals surface area contributed by atoms with Gasteiger partial charge in [0.15, 0.2) is 5.82 Å². The smallest absolute Gasteiger partial charge is 0.339 e. The standard InChI is InChI=1S/C10H11N5O5S/c1-20-8-3-2-6(4-7(8)10(16)17)21(18,19)11-5-9-12-14-15-13-9/h2-4,11H,5H2,1H3,(H,16,17)(H,12,13,14,15).